The van der Waals surface area contributed by atoms with Gasteiger partial charge in [-0.3, -0.25) is 0 Å². The maximum absolute atomic E-state index is 8.87. The van der Waals surface area contributed by atoms with Crippen molar-refractivity contribution in [2.75, 3.05) is 0 Å². The van der Waals surface area contributed by atoms with Crippen molar-refractivity contribution in [3.8, 4) is 23.1 Å². The molecule has 0 aliphatic rings. The molecule has 0 saturated carbocycles. The quantitative estimate of drug-likeness (QED) is 0.496. The monoisotopic (exact) mass is 427 g/mol. The van der Waals surface area contributed by atoms with E-state index in [1.807, 2.05) is 12.1 Å². The summed E-state index contributed by atoms with van der Waals surface area (Å²) in [5, 5.41) is 27.3. The highest BCUT2D eigenvalue weighted by atomic mass is 35.5. The molecule has 0 fully saturated rings. The van der Waals surface area contributed by atoms with Crippen LogP contribution in [0.2, 0.25) is 10.0 Å². The fourth-order valence-electron chi connectivity index (χ4n) is 2.59. The van der Waals surface area contributed by atoms with Crippen molar-refractivity contribution >= 4 is 35.8 Å². The van der Waals surface area contributed by atoms with Crippen LogP contribution in [-0.4, -0.2) is 30.0 Å². The van der Waals surface area contributed by atoms with Crippen molar-refractivity contribution in [3.63, 3.8) is 0 Å². The highest BCUT2D eigenvalue weighted by molar-refractivity contribution is 7.80. The maximum atomic E-state index is 8.87. The van der Waals surface area contributed by atoms with E-state index in [9.17, 15) is 0 Å². The van der Waals surface area contributed by atoms with Crippen LogP contribution in [0, 0.1) is 11.3 Å². The maximum Gasteiger partial charge on any atom is 0.209 e. The lowest BCUT2D eigenvalue weighted by Gasteiger charge is -2.06. The SMILES string of the molecule is N#Cc1ccc(Cn2nnc(-c3cnn(-c4cc(Cl)ccc4Cl)c3S)n2)cc1. The van der Waals surface area contributed by atoms with E-state index in [-0.39, 0.29) is 0 Å². The molecule has 2 heterocycles. The fourth-order valence-corrected chi connectivity index (χ4v) is 3.27. The molecule has 0 atom stereocenters. The predicted octanol–water partition coefficient (Wildman–Crippen LogP) is 4.04. The van der Waals surface area contributed by atoms with Gasteiger partial charge in [0, 0.05) is 5.02 Å². The number of tetrazole rings is 1. The first-order chi connectivity index (χ1) is 13.5. The Bertz CT molecular complexity index is 1190. The molecule has 0 radical (unpaired) electrons. The van der Waals surface area contributed by atoms with Crippen LogP contribution in [0.25, 0.3) is 17.1 Å². The minimum absolute atomic E-state index is 0.392. The molecule has 0 spiro atoms. The molecule has 2 aromatic carbocycles. The molecule has 4 aromatic rings. The van der Waals surface area contributed by atoms with E-state index >= 15 is 0 Å². The molecule has 10 heteroatoms. The third-order valence-electron chi connectivity index (χ3n) is 3.98. The van der Waals surface area contributed by atoms with Crippen molar-refractivity contribution in [2.24, 2.45) is 0 Å². The Morgan fingerprint density at radius 3 is 2.64 bits per heavy atom. The molecule has 28 heavy (non-hydrogen) atoms. The fraction of sp³-hybridized carbons (Fsp3) is 0.0556. The van der Waals surface area contributed by atoms with Crippen molar-refractivity contribution < 1.29 is 0 Å². The van der Waals surface area contributed by atoms with Crippen LogP contribution in [0.15, 0.2) is 53.7 Å². The van der Waals surface area contributed by atoms with Gasteiger partial charge < -0.3 is 0 Å². The summed E-state index contributed by atoms with van der Waals surface area (Å²) in [7, 11) is 0. The average molecular weight is 428 g/mol. The molecule has 0 unspecified atom stereocenters. The van der Waals surface area contributed by atoms with E-state index in [1.165, 1.54) is 4.80 Å². The summed E-state index contributed by atoms with van der Waals surface area (Å²) in [5.41, 5.74) is 2.78. The lowest BCUT2D eigenvalue weighted by atomic mass is 10.1. The Morgan fingerprint density at radius 2 is 1.89 bits per heavy atom. The van der Waals surface area contributed by atoms with Gasteiger partial charge in [0.05, 0.1) is 40.6 Å². The number of nitriles is 1. The number of benzene rings is 2. The first-order valence-corrected chi connectivity index (χ1v) is 9.25. The van der Waals surface area contributed by atoms with E-state index in [2.05, 4.69) is 39.2 Å². The van der Waals surface area contributed by atoms with Crippen LogP contribution in [0.4, 0.5) is 0 Å². The predicted molar refractivity (Wildman–Crippen MR) is 108 cm³/mol. The number of hydrogen-bond acceptors (Lipinski definition) is 6. The third kappa shape index (κ3) is 3.60. The number of rotatable bonds is 4. The molecule has 0 aliphatic heterocycles. The van der Waals surface area contributed by atoms with E-state index in [1.54, 1.807) is 41.2 Å². The summed E-state index contributed by atoms with van der Waals surface area (Å²) in [6, 6.07) is 14.4. The van der Waals surface area contributed by atoms with Gasteiger partial charge in [-0.1, -0.05) is 35.3 Å². The van der Waals surface area contributed by atoms with Gasteiger partial charge in [-0.2, -0.15) is 15.2 Å². The Balaban J connectivity index is 1.61. The van der Waals surface area contributed by atoms with Crippen LogP contribution in [0.5, 0.6) is 0 Å². The molecule has 0 bridgehead atoms. The van der Waals surface area contributed by atoms with Crippen molar-refractivity contribution in [1.29, 1.82) is 5.26 Å². The lowest BCUT2D eigenvalue weighted by molar-refractivity contribution is 0.573. The van der Waals surface area contributed by atoms with Gasteiger partial charge in [0.1, 0.15) is 5.03 Å². The van der Waals surface area contributed by atoms with E-state index in [0.29, 0.717) is 44.3 Å². The van der Waals surface area contributed by atoms with Crippen LogP contribution in [0.1, 0.15) is 11.1 Å². The molecule has 0 amide bonds. The number of aromatic nitrogens is 6. The summed E-state index contributed by atoms with van der Waals surface area (Å²) in [5.74, 6) is 0.392. The first-order valence-electron chi connectivity index (χ1n) is 8.05. The van der Waals surface area contributed by atoms with Gasteiger partial charge in [-0.15, -0.1) is 22.8 Å². The highest BCUT2D eigenvalue weighted by Crippen LogP contribution is 2.30. The van der Waals surface area contributed by atoms with Crippen molar-refractivity contribution in [1.82, 2.24) is 30.0 Å². The average Bonchev–Trinajstić information content (AvgIpc) is 3.31. The van der Waals surface area contributed by atoms with E-state index < -0.39 is 0 Å². The van der Waals surface area contributed by atoms with E-state index in [4.69, 9.17) is 28.5 Å². The molecule has 7 nitrogen and oxygen atoms in total. The summed E-state index contributed by atoms with van der Waals surface area (Å²) in [6.07, 6.45) is 1.60. The van der Waals surface area contributed by atoms with Gasteiger partial charge in [0.25, 0.3) is 0 Å². The topological polar surface area (TPSA) is 85.2 Å². The summed E-state index contributed by atoms with van der Waals surface area (Å²) < 4.78 is 1.56. The Hall–Kier alpha value is -2.86. The highest BCUT2D eigenvalue weighted by Gasteiger charge is 2.17. The van der Waals surface area contributed by atoms with Crippen molar-refractivity contribution in [3.05, 3.63) is 69.8 Å². The molecule has 2 aromatic heterocycles. The lowest BCUT2D eigenvalue weighted by Crippen LogP contribution is -2.04. The zero-order chi connectivity index (χ0) is 19.7. The zero-order valence-electron chi connectivity index (χ0n) is 14.2. The van der Waals surface area contributed by atoms with Gasteiger partial charge >= 0.3 is 0 Å². The summed E-state index contributed by atoms with van der Waals surface area (Å²) in [4.78, 5) is 1.47. The standard InChI is InChI=1S/C18H11Cl2N7S/c19-13-5-6-15(20)16(7-13)27-18(28)14(9-22-27)17-23-25-26(24-17)10-12-3-1-11(8-21)2-4-12/h1-7,9,28H,10H2. The second-order valence-electron chi connectivity index (χ2n) is 5.84. The minimum atomic E-state index is 0.392. The number of hydrogen-bond donors (Lipinski definition) is 1. The minimum Gasteiger partial charge on any atom is -0.225 e. The second kappa shape index (κ2) is 7.64. The number of nitrogens with zero attached hydrogens (tertiary/aromatic N) is 7. The van der Waals surface area contributed by atoms with Crippen LogP contribution in [-0.2, 0) is 6.54 Å². The van der Waals surface area contributed by atoms with Gasteiger partial charge in [0.15, 0.2) is 0 Å². The largest absolute Gasteiger partial charge is 0.225 e. The number of thiol groups is 1. The molecule has 0 aliphatic carbocycles. The zero-order valence-corrected chi connectivity index (χ0v) is 16.6. The Labute approximate surface area is 175 Å². The van der Waals surface area contributed by atoms with Crippen molar-refractivity contribution in [2.45, 2.75) is 11.6 Å². The van der Waals surface area contributed by atoms with Crippen LogP contribution >= 0.6 is 35.8 Å². The van der Waals surface area contributed by atoms with Crippen LogP contribution < -0.4 is 0 Å². The van der Waals surface area contributed by atoms with E-state index in [0.717, 1.165) is 5.56 Å². The molecular formula is C18H11Cl2N7S. The van der Waals surface area contributed by atoms with Gasteiger partial charge in [-0.25, -0.2) is 4.68 Å². The summed E-state index contributed by atoms with van der Waals surface area (Å²) >= 11 is 16.9. The normalized spacial score (nSPS) is 10.8. The molecule has 4 rings (SSSR count). The Kier molecular flexibility index (Phi) is 5.05. The molecule has 0 N–H and O–H groups in total. The molecule has 0 saturated heterocycles. The van der Waals surface area contributed by atoms with Gasteiger partial charge in [0.2, 0.25) is 5.82 Å². The van der Waals surface area contributed by atoms with Crippen LogP contribution in [0.3, 0.4) is 0 Å². The number of halogens is 2. The first kappa shape index (κ1) is 18.5. The third-order valence-corrected chi connectivity index (χ3v) is 4.97. The summed E-state index contributed by atoms with van der Waals surface area (Å²) in [6.45, 7) is 0.425. The van der Waals surface area contributed by atoms with Gasteiger partial charge in [-0.05, 0) is 41.1 Å². The molecular weight excluding hydrogens is 417 g/mol. The molecule has 138 valence electrons. The Morgan fingerprint density at radius 1 is 1.11 bits per heavy atom. The second-order valence-corrected chi connectivity index (χ2v) is 7.11. The smallest absolute Gasteiger partial charge is 0.209 e.